The maximum Gasteiger partial charge on any atom is 0.250 e. The summed E-state index contributed by atoms with van der Waals surface area (Å²) < 4.78 is 1.67. The number of aromatic nitrogens is 2. The fourth-order valence-electron chi connectivity index (χ4n) is 2.65. The molecule has 0 unspecified atom stereocenters. The number of anilines is 1. The van der Waals surface area contributed by atoms with E-state index >= 15 is 0 Å². The molecule has 0 fully saturated rings. The summed E-state index contributed by atoms with van der Waals surface area (Å²) in [5.74, 6) is -0.455. The van der Waals surface area contributed by atoms with Crippen LogP contribution in [0.3, 0.4) is 0 Å². The van der Waals surface area contributed by atoms with Gasteiger partial charge in [-0.3, -0.25) is 9.59 Å². The Morgan fingerprint density at radius 3 is 2.84 bits per heavy atom. The zero-order chi connectivity index (χ0) is 17.8. The van der Waals surface area contributed by atoms with E-state index in [0.717, 1.165) is 11.1 Å². The largest absolute Gasteiger partial charge is 0.366 e. The predicted octanol–water partition coefficient (Wildman–Crippen LogP) is 1.84. The summed E-state index contributed by atoms with van der Waals surface area (Å²) in [6, 6.07) is 12.7. The SMILES string of the molecule is N#CCc1ccnc(NC(=O)Cn2cc(C(N)=O)c3ccccc32)c1. The van der Waals surface area contributed by atoms with E-state index in [1.807, 2.05) is 24.3 Å². The number of fused-ring (bicyclic) bond motifs is 1. The van der Waals surface area contributed by atoms with Crippen molar-refractivity contribution in [3.05, 3.63) is 59.9 Å². The third-order valence-electron chi connectivity index (χ3n) is 3.74. The standard InChI is InChI=1S/C18H15N5O2/c19-7-5-12-6-8-21-16(9-12)22-17(24)11-23-10-14(18(20)25)13-3-1-2-4-15(13)23/h1-4,6,8-10H,5,11H2,(H2,20,25)(H,21,22,24). The van der Waals surface area contributed by atoms with Crippen LogP contribution in [0.2, 0.25) is 0 Å². The number of hydrogen-bond donors (Lipinski definition) is 2. The first-order valence-corrected chi connectivity index (χ1v) is 7.58. The summed E-state index contributed by atoms with van der Waals surface area (Å²) in [5.41, 5.74) is 7.30. The second-order valence-corrected chi connectivity index (χ2v) is 5.48. The van der Waals surface area contributed by atoms with E-state index in [1.165, 1.54) is 0 Å². The van der Waals surface area contributed by atoms with E-state index in [0.29, 0.717) is 16.8 Å². The van der Waals surface area contributed by atoms with Crippen LogP contribution < -0.4 is 11.1 Å². The van der Waals surface area contributed by atoms with Crippen LogP contribution in [0, 0.1) is 11.3 Å². The fourth-order valence-corrected chi connectivity index (χ4v) is 2.65. The van der Waals surface area contributed by atoms with Crippen LogP contribution in [0.25, 0.3) is 10.9 Å². The fraction of sp³-hybridized carbons (Fsp3) is 0.111. The molecule has 124 valence electrons. The third-order valence-corrected chi connectivity index (χ3v) is 3.74. The zero-order valence-corrected chi connectivity index (χ0v) is 13.3. The number of carbonyl (C=O) groups excluding carboxylic acids is 2. The molecule has 0 atom stereocenters. The van der Waals surface area contributed by atoms with Gasteiger partial charge >= 0.3 is 0 Å². The van der Waals surface area contributed by atoms with Gasteiger partial charge in [-0.2, -0.15) is 5.26 Å². The Kier molecular flexibility index (Phi) is 4.44. The molecule has 0 saturated carbocycles. The van der Waals surface area contributed by atoms with Crippen LogP contribution in [0.5, 0.6) is 0 Å². The first kappa shape index (κ1) is 16.2. The van der Waals surface area contributed by atoms with Crippen LogP contribution in [-0.2, 0) is 17.8 Å². The van der Waals surface area contributed by atoms with Crippen LogP contribution >= 0.6 is 0 Å². The van der Waals surface area contributed by atoms with Crippen LogP contribution in [-0.4, -0.2) is 21.4 Å². The molecule has 7 heteroatoms. The van der Waals surface area contributed by atoms with Crippen molar-refractivity contribution in [3.8, 4) is 6.07 Å². The van der Waals surface area contributed by atoms with Gasteiger partial charge in [0, 0.05) is 23.3 Å². The van der Waals surface area contributed by atoms with E-state index in [4.69, 9.17) is 11.0 Å². The normalized spacial score (nSPS) is 10.4. The molecule has 0 bridgehead atoms. The number of hydrogen-bond acceptors (Lipinski definition) is 4. The van der Waals surface area contributed by atoms with Gasteiger partial charge in [0.25, 0.3) is 5.91 Å². The average Bonchev–Trinajstić information content (AvgIpc) is 2.94. The quantitative estimate of drug-likeness (QED) is 0.741. The van der Waals surface area contributed by atoms with Crippen molar-refractivity contribution in [1.82, 2.24) is 9.55 Å². The van der Waals surface area contributed by atoms with Gasteiger partial charge in [-0.05, 0) is 23.8 Å². The maximum atomic E-state index is 12.3. The number of benzene rings is 1. The number of rotatable bonds is 5. The molecule has 3 rings (SSSR count). The Balaban J connectivity index is 1.82. The van der Waals surface area contributed by atoms with E-state index in [9.17, 15) is 9.59 Å². The molecule has 2 heterocycles. The predicted molar refractivity (Wildman–Crippen MR) is 92.6 cm³/mol. The number of nitrogens with two attached hydrogens (primary N) is 1. The number of nitriles is 1. The van der Waals surface area contributed by atoms with Gasteiger partial charge in [-0.15, -0.1) is 0 Å². The number of pyridine rings is 1. The summed E-state index contributed by atoms with van der Waals surface area (Å²) in [4.78, 5) is 28.0. The van der Waals surface area contributed by atoms with Crippen molar-refractivity contribution in [3.63, 3.8) is 0 Å². The van der Waals surface area contributed by atoms with Gasteiger partial charge < -0.3 is 15.6 Å². The number of carbonyl (C=O) groups is 2. The summed E-state index contributed by atoms with van der Waals surface area (Å²) >= 11 is 0. The highest BCUT2D eigenvalue weighted by molar-refractivity contribution is 6.06. The van der Waals surface area contributed by atoms with Gasteiger partial charge in [-0.1, -0.05) is 18.2 Å². The number of amides is 2. The second kappa shape index (κ2) is 6.84. The molecule has 0 spiro atoms. The van der Waals surface area contributed by atoms with Crippen molar-refractivity contribution in [2.45, 2.75) is 13.0 Å². The molecule has 1 aromatic carbocycles. The van der Waals surface area contributed by atoms with E-state index in [1.54, 1.807) is 35.2 Å². The van der Waals surface area contributed by atoms with E-state index < -0.39 is 5.91 Å². The summed E-state index contributed by atoms with van der Waals surface area (Å²) in [7, 11) is 0. The second-order valence-electron chi connectivity index (χ2n) is 5.48. The van der Waals surface area contributed by atoms with Crippen molar-refractivity contribution >= 4 is 28.5 Å². The highest BCUT2D eigenvalue weighted by atomic mass is 16.2. The molecular weight excluding hydrogens is 318 g/mol. The molecule has 2 amide bonds. The van der Waals surface area contributed by atoms with Crippen molar-refractivity contribution in [2.75, 3.05) is 5.32 Å². The lowest BCUT2D eigenvalue weighted by Gasteiger charge is -2.07. The topological polar surface area (TPSA) is 114 Å². The third kappa shape index (κ3) is 3.48. The van der Waals surface area contributed by atoms with Gasteiger partial charge in [0.15, 0.2) is 0 Å². The lowest BCUT2D eigenvalue weighted by Crippen LogP contribution is -2.19. The van der Waals surface area contributed by atoms with Crippen LogP contribution in [0.4, 0.5) is 5.82 Å². The Labute approximate surface area is 143 Å². The lowest BCUT2D eigenvalue weighted by molar-refractivity contribution is -0.116. The number of nitrogens with one attached hydrogen (secondary N) is 1. The molecule has 0 aliphatic heterocycles. The van der Waals surface area contributed by atoms with Gasteiger partial charge in [-0.25, -0.2) is 4.98 Å². The van der Waals surface area contributed by atoms with E-state index in [2.05, 4.69) is 10.3 Å². The zero-order valence-electron chi connectivity index (χ0n) is 13.3. The van der Waals surface area contributed by atoms with Crippen molar-refractivity contribution < 1.29 is 9.59 Å². The molecular formula is C18H15N5O2. The first-order chi connectivity index (χ1) is 12.1. The van der Waals surface area contributed by atoms with E-state index in [-0.39, 0.29) is 18.9 Å². The highest BCUT2D eigenvalue weighted by Crippen LogP contribution is 2.21. The molecule has 0 saturated heterocycles. The minimum absolute atomic E-state index is 0.0119. The Morgan fingerprint density at radius 1 is 1.28 bits per heavy atom. The lowest BCUT2D eigenvalue weighted by atomic mass is 10.2. The molecule has 3 N–H and O–H groups in total. The molecule has 0 aliphatic carbocycles. The maximum absolute atomic E-state index is 12.3. The summed E-state index contributed by atoms with van der Waals surface area (Å²) in [6.07, 6.45) is 3.36. The highest BCUT2D eigenvalue weighted by Gasteiger charge is 2.14. The Hall–Kier alpha value is -3.66. The summed E-state index contributed by atoms with van der Waals surface area (Å²) in [5, 5.41) is 12.1. The van der Waals surface area contributed by atoms with Crippen LogP contribution in [0.15, 0.2) is 48.8 Å². The van der Waals surface area contributed by atoms with Crippen molar-refractivity contribution in [2.24, 2.45) is 5.73 Å². The Morgan fingerprint density at radius 2 is 2.08 bits per heavy atom. The van der Waals surface area contributed by atoms with Gasteiger partial charge in [0.05, 0.1) is 18.1 Å². The number of para-hydroxylation sites is 1. The molecule has 0 aliphatic rings. The minimum atomic E-state index is -0.541. The number of primary amides is 1. The molecule has 3 aromatic rings. The molecule has 25 heavy (non-hydrogen) atoms. The summed E-state index contributed by atoms with van der Waals surface area (Å²) in [6.45, 7) is 0.0119. The Bertz CT molecular complexity index is 1000. The minimum Gasteiger partial charge on any atom is -0.366 e. The first-order valence-electron chi connectivity index (χ1n) is 7.58. The monoisotopic (exact) mass is 333 g/mol. The molecule has 2 aromatic heterocycles. The molecule has 0 radical (unpaired) electrons. The van der Waals surface area contributed by atoms with Gasteiger partial charge in [0.1, 0.15) is 12.4 Å². The van der Waals surface area contributed by atoms with Gasteiger partial charge in [0.2, 0.25) is 5.91 Å². The average molecular weight is 333 g/mol. The van der Waals surface area contributed by atoms with Crippen molar-refractivity contribution in [1.29, 1.82) is 5.26 Å². The molecule has 7 nitrogen and oxygen atoms in total. The number of nitrogens with zero attached hydrogens (tertiary/aromatic N) is 3. The van der Waals surface area contributed by atoms with Crippen LogP contribution in [0.1, 0.15) is 15.9 Å². The smallest absolute Gasteiger partial charge is 0.250 e.